The molecule has 1 aliphatic heterocycles. The average Bonchev–Trinajstić information content (AvgIpc) is 2.66. The van der Waals surface area contributed by atoms with E-state index in [1.165, 1.54) is 0 Å². The number of fused-ring (bicyclic) bond motifs is 1. The maximum atomic E-state index is 12.7. The summed E-state index contributed by atoms with van der Waals surface area (Å²) in [5.74, 6) is 1.62. The summed E-state index contributed by atoms with van der Waals surface area (Å²) in [7, 11) is 3.77. The second-order valence-electron chi connectivity index (χ2n) is 6.30. The maximum absolute atomic E-state index is 12.7. The number of carbonyl (C=O) groups excluding carboxylic acids is 1. The van der Waals surface area contributed by atoms with Crippen LogP contribution in [0.5, 0.6) is 11.5 Å². The van der Waals surface area contributed by atoms with Crippen LogP contribution < -0.4 is 14.4 Å². The van der Waals surface area contributed by atoms with Crippen molar-refractivity contribution in [2.45, 2.75) is 19.5 Å². The zero-order chi connectivity index (χ0) is 17.8. The van der Waals surface area contributed by atoms with Crippen molar-refractivity contribution in [3.05, 3.63) is 54.1 Å². The Morgan fingerprint density at radius 2 is 1.72 bits per heavy atom. The normalized spacial score (nSPS) is 14.2. The van der Waals surface area contributed by atoms with Crippen LogP contribution in [0.2, 0.25) is 0 Å². The van der Waals surface area contributed by atoms with E-state index in [0.29, 0.717) is 19.8 Å². The third kappa shape index (κ3) is 3.94. The van der Waals surface area contributed by atoms with Crippen LogP contribution in [0.1, 0.15) is 12.5 Å². The van der Waals surface area contributed by atoms with Crippen molar-refractivity contribution < 1.29 is 14.3 Å². The molecule has 0 radical (unpaired) electrons. The van der Waals surface area contributed by atoms with E-state index < -0.39 is 0 Å². The van der Waals surface area contributed by atoms with Crippen LogP contribution in [0.15, 0.2) is 48.5 Å². The summed E-state index contributed by atoms with van der Waals surface area (Å²) in [5, 5.41) is 0. The Hall–Kier alpha value is -2.53. The number of para-hydroxylation sites is 1. The Balaban J connectivity index is 1.66. The van der Waals surface area contributed by atoms with Crippen molar-refractivity contribution in [2.75, 3.05) is 32.2 Å². The van der Waals surface area contributed by atoms with Crippen LogP contribution in [0, 0.1) is 0 Å². The lowest BCUT2D eigenvalue weighted by Crippen LogP contribution is -2.43. The average molecular weight is 340 g/mol. The van der Waals surface area contributed by atoms with Gasteiger partial charge in [-0.2, -0.15) is 0 Å². The van der Waals surface area contributed by atoms with Gasteiger partial charge in [0.2, 0.25) is 5.91 Å². The molecule has 25 heavy (non-hydrogen) atoms. The van der Waals surface area contributed by atoms with Crippen molar-refractivity contribution in [2.24, 2.45) is 0 Å². The largest absolute Gasteiger partial charge is 0.486 e. The second kappa shape index (κ2) is 7.57. The Labute approximate surface area is 148 Å². The Kier molecular flexibility index (Phi) is 5.24. The van der Waals surface area contributed by atoms with Gasteiger partial charge in [0.15, 0.2) is 11.5 Å². The van der Waals surface area contributed by atoms with Crippen LogP contribution in [0.25, 0.3) is 0 Å². The summed E-state index contributed by atoms with van der Waals surface area (Å²) in [6.45, 7) is 3.75. The Bertz CT molecular complexity index is 733. The zero-order valence-corrected chi connectivity index (χ0v) is 14.9. The van der Waals surface area contributed by atoms with Crippen LogP contribution in [0.3, 0.4) is 0 Å². The molecule has 0 spiro atoms. The Morgan fingerprint density at radius 1 is 1.04 bits per heavy atom. The van der Waals surface area contributed by atoms with Gasteiger partial charge >= 0.3 is 0 Å². The zero-order valence-electron chi connectivity index (χ0n) is 14.9. The van der Waals surface area contributed by atoms with E-state index in [9.17, 15) is 4.79 Å². The van der Waals surface area contributed by atoms with Gasteiger partial charge in [0.1, 0.15) is 13.2 Å². The predicted octanol–water partition coefficient (Wildman–Crippen LogP) is 2.94. The van der Waals surface area contributed by atoms with Gasteiger partial charge in [0.25, 0.3) is 0 Å². The van der Waals surface area contributed by atoms with E-state index >= 15 is 0 Å². The summed E-state index contributed by atoms with van der Waals surface area (Å²) in [6, 6.07) is 15.4. The lowest BCUT2D eigenvalue weighted by Gasteiger charge is -2.28. The highest BCUT2D eigenvalue weighted by Gasteiger charge is 2.23. The smallest absolute Gasteiger partial charge is 0.243 e. The molecule has 2 aromatic carbocycles. The molecular formula is C20H24N2O3. The minimum atomic E-state index is -0.238. The number of rotatable bonds is 5. The molecule has 5 nitrogen and oxygen atoms in total. The van der Waals surface area contributed by atoms with Gasteiger partial charge in [-0.05, 0) is 43.8 Å². The molecule has 5 heteroatoms. The van der Waals surface area contributed by atoms with Gasteiger partial charge in [-0.3, -0.25) is 9.69 Å². The highest BCUT2D eigenvalue weighted by atomic mass is 16.6. The van der Waals surface area contributed by atoms with Gasteiger partial charge in [-0.1, -0.05) is 24.3 Å². The first-order valence-electron chi connectivity index (χ1n) is 8.47. The molecule has 0 bridgehead atoms. The molecule has 1 heterocycles. The molecule has 3 rings (SSSR count). The number of likely N-dealkylation sites (N-methyl/N-ethyl adjacent to an activating group) is 2. The van der Waals surface area contributed by atoms with Crippen molar-refractivity contribution in [3.8, 4) is 11.5 Å². The molecule has 0 saturated heterocycles. The first-order chi connectivity index (χ1) is 12.1. The highest BCUT2D eigenvalue weighted by molar-refractivity contribution is 5.96. The molecule has 1 aliphatic rings. The second-order valence-corrected chi connectivity index (χ2v) is 6.30. The fourth-order valence-electron chi connectivity index (χ4n) is 2.86. The summed E-state index contributed by atoms with van der Waals surface area (Å²) in [5.41, 5.74) is 1.99. The topological polar surface area (TPSA) is 42.0 Å². The Morgan fingerprint density at radius 3 is 2.44 bits per heavy atom. The summed E-state index contributed by atoms with van der Waals surface area (Å²) in [4.78, 5) is 16.5. The lowest BCUT2D eigenvalue weighted by atomic mass is 10.1. The van der Waals surface area contributed by atoms with Crippen molar-refractivity contribution >= 4 is 11.6 Å². The molecule has 1 atom stereocenters. The monoisotopic (exact) mass is 340 g/mol. The molecule has 0 unspecified atom stereocenters. The van der Waals surface area contributed by atoms with E-state index in [2.05, 4.69) is 0 Å². The molecule has 0 fully saturated rings. The first-order valence-corrected chi connectivity index (χ1v) is 8.47. The number of amides is 1. The molecule has 0 N–H and O–H groups in total. The van der Waals surface area contributed by atoms with E-state index in [0.717, 1.165) is 22.7 Å². The maximum Gasteiger partial charge on any atom is 0.243 e. The van der Waals surface area contributed by atoms with Crippen LogP contribution >= 0.6 is 0 Å². The van der Waals surface area contributed by atoms with E-state index in [1.807, 2.05) is 74.4 Å². The molecule has 0 aliphatic carbocycles. The number of carbonyl (C=O) groups is 1. The SMILES string of the molecule is C[C@H](C(=O)N(C)c1ccccc1)N(C)Cc1ccc2c(c1)OCCO2. The van der Waals surface area contributed by atoms with Gasteiger partial charge in [-0.25, -0.2) is 0 Å². The minimum absolute atomic E-state index is 0.0613. The summed E-state index contributed by atoms with van der Waals surface area (Å²) < 4.78 is 11.2. The number of hydrogen-bond acceptors (Lipinski definition) is 4. The third-order valence-corrected chi connectivity index (χ3v) is 4.53. The molecule has 0 saturated carbocycles. The van der Waals surface area contributed by atoms with E-state index in [1.54, 1.807) is 4.90 Å². The third-order valence-electron chi connectivity index (χ3n) is 4.53. The van der Waals surface area contributed by atoms with Gasteiger partial charge in [-0.15, -0.1) is 0 Å². The molecule has 132 valence electrons. The number of nitrogens with zero attached hydrogens (tertiary/aromatic N) is 2. The fraction of sp³-hybridized carbons (Fsp3) is 0.350. The first kappa shape index (κ1) is 17.3. The van der Waals surface area contributed by atoms with Gasteiger partial charge < -0.3 is 14.4 Å². The predicted molar refractivity (Wildman–Crippen MR) is 98.2 cm³/mol. The van der Waals surface area contributed by atoms with Crippen molar-refractivity contribution in [3.63, 3.8) is 0 Å². The molecule has 2 aromatic rings. The fourth-order valence-corrected chi connectivity index (χ4v) is 2.86. The quantitative estimate of drug-likeness (QED) is 0.839. The molecule has 1 amide bonds. The van der Waals surface area contributed by atoms with E-state index in [4.69, 9.17) is 9.47 Å². The van der Waals surface area contributed by atoms with E-state index in [-0.39, 0.29) is 11.9 Å². The van der Waals surface area contributed by atoms with Crippen LogP contribution in [-0.2, 0) is 11.3 Å². The highest BCUT2D eigenvalue weighted by Crippen LogP contribution is 2.31. The summed E-state index contributed by atoms with van der Waals surface area (Å²) in [6.07, 6.45) is 0. The standard InChI is InChI=1S/C20H24N2O3/c1-15(20(23)22(3)17-7-5-4-6-8-17)21(2)14-16-9-10-18-19(13-16)25-12-11-24-18/h4-10,13,15H,11-12,14H2,1-3H3/t15-/m1/s1. The molecular weight excluding hydrogens is 316 g/mol. The summed E-state index contributed by atoms with van der Waals surface area (Å²) >= 11 is 0. The van der Waals surface area contributed by atoms with Crippen molar-refractivity contribution in [1.29, 1.82) is 0 Å². The van der Waals surface area contributed by atoms with Crippen LogP contribution in [0.4, 0.5) is 5.69 Å². The lowest BCUT2D eigenvalue weighted by molar-refractivity contribution is -0.122. The van der Waals surface area contributed by atoms with Gasteiger partial charge in [0.05, 0.1) is 6.04 Å². The van der Waals surface area contributed by atoms with Gasteiger partial charge in [0, 0.05) is 19.3 Å². The van der Waals surface area contributed by atoms with Crippen LogP contribution in [-0.4, -0.2) is 44.2 Å². The number of anilines is 1. The number of ether oxygens (including phenoxy) is 2. The minimum Gasteiger partial charge on any atom is -0.486 e. The molecule has 0 aromatic heterocycles. The number of benzene rings is 2. The number of hydrogen-bond donors (Lipinski definition) is 0. The van der Waals surface area contributed by atoms with Crippen molar-refractivity contribution in [1.82, 2.24) is 4.90 Å².